The topological polar surface area (TPSA) is 158 Å². The lowest BCUT2D eigenvalue weighted by molar-refractivity contribution is 0.0525. The molecule has 0 saturated heterocycles. The lowest BCUT2D eigenvalue weighted by atomic mass is 10.2. The van der Waals surface area contributed by atoms with Crippen molar-refractivity contribution in [1.29, 1.82) is 0 Å². The number of hydrogen-bond acceptors (Lipinski definition) is 13. The van der Waals surface area contributed by atoms with Gasteiger partial charge in [0.25, 0.3) is 4.90 Å². The Labute approximate surface area is 273 Å². The molecule has 0 saturated carbocycles. The monoisotopic (exact) mass is 671 g/mol. The molecule has 0 radical (unpaired) electrons. The van der Waals surface area contributed by atoms with E-state index in [1.165, 1.54) is 66.9 Å². The number of carbonyl (C=O) groups is 2. The average Bonchev–Trinajstić information content (AvgIpc) is 3.09. The standard InChI is InChI=1S/C33H34O13S/c1-38-23-15-19(16-24(39-2)28(23)42-5)31(35)44-11-13-47(30-27(34)21-9-7-8-10-22(21)46-33(30)37)14-12-45-32(36)20-17-25(40-3)29(43-6)26(18-20)41-4/h7-10,15-18H,11-14H2,1-6H3/p+1. The summed E-state index contributed by atoms with van der Waals surface area (Å²) in [4.78, 5) is 39.2. The molecule has 250 valence electrons. The van der Waals surface area contributed by atoms with Crippen LogP contribution in [0.5, 0.6) is 40.2 Å². The molecule has 47 heavy (non-hydrogen) atoms. The number of fused-ring (bicyclic) bond motifs is 1. The molecule has 0 bridgehead atoms. The van der Waals surface area contributed by atoms with Crippen LogP contribution in [-0.4, -0.2) is 84.4 Å². The minimum Gasteiger partial charge on any atom is -0.503 e. The van der Waals surface area contributed by atoms with E-state index in [9.17, 15) is 19.5 Å². The minimum absolute atomic E-state index is 0.00336. The summed E-state index contributed by atoms with van der Waals surface area (Å²) in [6, 6.07) is 12.4. The van der Waals surface area contributed by atoms with Gasteiger partial charge in [0.05, 0.1) is 59.2 Å². The minimum atomic E-state index is -1.10. The van der Waals surface area contributed by atoms with Gasteiger partial charge in [-0.2, -0.15) is 0 Å². The molecule has 4 rings (SSSR count). The van der Waals surface area contributed by atoms with Gasteiger partial charge in [0, 0.05) is 10.9 Å². The Kier molecular flexibility index (Phi) is 11.7. The van der Waals surface area contributed by atoms with Gasteiger partial charge < -0.3 is 47.4 Å². The maximum atomic E-state index is 13.1. The number of benzene rings is 3. The van der Waals surface area contributed by atoms with Gasteiger partial charge in [-0.3, -0.25) is 0 Å². The number of para-hydroxylation sites is 1. The van der Waals surface area contributed by atoms with E-state index in [0.29, 0.717) is 16.9 Å². The molecule has 0 aliphatic heterocycles. The molecular formula is C33H35O13S+. The molecule has 0 atom stereocenters. The van der Waals surface area contributed by atoms with E-state index < -0.39 is 28.5 Å². The van der Waals surface area contributed by atoms with Crippen molar-refractivity contribution in [2.24, 2.45) is 0 Å². The van der Waals surface area contributed by atoms with Gasteiger partial charge in [-0.15, -0.1) is 0 Å². The van der Waals surface area contributed by atoms with Crippen LogP contribution in [0.2, 0.25) is 0 Å². The number of esters is 2. The van der Waals surface area contributed by atoms with Crippen LogP contribution in [0, 0.1) is 0 Å². The summed E-state index contributed by atoms with van der Waals surface area (Å²) in [7, 11) is 7.49. The maximum Gasteiger partial charge on any atom is 0.396 e. The second-order valence-corrected chi connectivity index (χ2v) is 11.8. The van der Waals surface area contributed by atoms with Crippen molar-refractivity contribution in [3.8, 4) is 40.2 Å². The number of rotatable bonds is 15. The van der Waals surface area contributed by atoms with Crippen LogP contribution in [0.1, 0.15) is 20.7 Å². The highest BCUT2D eigenvalue weighted by atomic mass is 32.2. The van der Waals surface area contributed by atoms with Gasteiger partial charge in [-0.25, -0.2) is 14.4 Å². The van der Waals surface area contributed by atoms with Gasteiger partial charge in [0.15, 0.2) is 28.7 Å². The Morgan fingerprint density at radius 1 is 0.681 bits per heavy atom. The van der Waals surface area contributed by atoms with Crippen LogP contribution >= 0.6 is 0 Å². The first-order valence-electron chi connectivity index (χ1n) is 14.1. The lowest BCUT2D eigenvalue weighted by Crippen LogP contribution is -2.27. The van der Waals surface area contributed by atoms with Crippen molar-refractivity contribution >= 4 is 33.8 Å². The molecule has 1 heterocycles. The SMILES string of the molecule is COc1cc(C(=O)OCC[S+](CCOC(=O)c2cc(OC)c(OC)c(OC)c2)c2c(O)c3ccccc3oc2=O)cc(OC)c1OC. The van der Waals surface area contributed by atoms with Gasteiger partial charge >= 0.3 is 17.6 Å². The van der Waals surface area contributed by atoms with Crippen LogP contribution in [-0.2, 0) is 20.4 Å². The van der Waals surface area contributed by atoms with E-state index in [1.807, 2.05) is 0 Å². The molecule has 0 aliphatic carbocycles. The van der Waals surface area contributed by atoms with Crippen LogP contribution in [0.15, 0.2) is 62.6 Å². The Bertz CT molecular complexity index is 1670. The fourth-order valence-corrected chi connectivity index (χ4v) is 6.55. The third-order valence-electron chi connectivity index (χ3n) is 6.96. The quantitative estimate of drug-likeness (QED) is 0.109. The van der Waals surface area contributed by atoms with Crippen molar-refractivity contribution in [3.63, 3.8) is 0 Å². The normalized spacial score (nSPS) is 10.8. The smallest absolute Gasteiger partial charge is 0.396 e. The zero-order valence-electron chi connectivity index (χ0n) is 26.7. The highest BCUT2D eigenvalue weighted by Gasteiger charge is 2.33. The first kappa shape index (κ1) is 34.6. The molecule has 1 aromatic heterocycles. The highest BCUT2D eigenvalue weighted by Crippen LogP contribution is 2.39. The van der Waals surface area contributed by atoms with E-state index in [1.54, 1.807) is 24.3 Å². The first-order chi connectivity index (χ1) is 22.7. The molecule has 0 amide bonds. The number of ether oxygens (including phenoxy) is 8. The van der Waals surface area contributed by atoms with Gasteiger partial charge in [-0.05, 0) is 36.4 Å². The lowest BCUT2D eigenvalue weighted by Gasteiger charge is -2.14. The van der Waals surface area contributed by atoms with Gasteiger partial charge in [0.1, 0.15) is 30.3 Å². The van der Waals surface area contributed by atoms with Crippen molar-refractivity contribution in [1.82, 2.24) is 0 Å². The highest BCUT2D eigenvalue weighted by molar-refractivity contribution is 7.97. The molecule has 3 aromatic carbocycles. The average molecular weight is 672 g/mol. The molecule has 4 aromatic rings. The Morgan fingerprint density at radius 2 is 1.11 bits per heavy atom. The number of carbonyl (C=O) groups excluding carboxylic acids is 2. The van der Waals surface area contributed by atoms with Gasteiger partial charge in [-0.1, -0.05) is 12.1 Å². The summed E-state index contributed by atoms with van der Waals surface area (Å²) in [6.45, 7) is -0.295. The summed E-state index contributed by atoms with van der Waals surface area (Å²) in [5, 5.41) is 11.5. The number of hydrogen-bond donors (Lipinski definition) is 1. The summed E-state index contributed by atoms with van der Waals surface area (Å²) >= 11 is 0. The van der Waals surface area contributed by atoms with E-state index in [0.717, 1.165) is 0 Å². The molecule has 0 fully saturated rings. The fraction of sp³-hybridized carbons (Fsp3) is 0.303. The molecule has 13 nitrogen and oxygen atoms in total. The number of methoxy groups -OCH3 is 6. The summed E-state index contributed by atoms with van der Waals surface area (Å²) < 4.78 is 48.5. The predicted molar refractivity (Wildman–Crippen MR) is 172 cm³/mol. The third kappa shape index (κ3) is 7.60. The maximum absolute atomic E-state index is 13.1. The van der Waals surface area contributed by atoms with Crippen LogP contribution in [0.4, 0.5) is 0 Å². The van der Waals surface area contributed by atoms with Crippen LogP contribution in [0.25, 0.3) is 11.0 Å². The Hall–Kier alpha value is -5.24. The summed E-state index contributed by atoms with van der Waals surface area (Å²) in [6.07, 6.45) is 0. The second kappa shape index (κ2) is 15.9. The molecule has 0 spiro atoms. The Balaban J connectivity index is 1.55. The number of aromatic hydroxyl groups is 1. The van der Waals surface area contributed by atoms with E-state index >= 15 is 0 Å². The Morgan fingerprint density at radius 3 is 1.51 bits per heavy atom. The second-order valence-electron chi connectivity index (χ2n) is 9.56. The molecular weight excluding hydrogens is 636 g/mol. The van der Waals surface area contributed by atoms with Crippen molar-refractivity contribution in [3.05, 3.63) is 70.1 Å². The molecule has 14 heteroatoms. The largest absolute Gasteiger partial charge is 0.503 e. The predicted octanol–water partition coefficient (Wildman–Crippen LogP) is 4.24. The van der Waals surface area contributed by atoms with Crippen molar-refractivity contribution < 1.29 is 57.0 Å². The summed E-state index contributed by atoms with van der Waals surface area (Å²) in [5.74, 6) is 0.290. The van der Waals surface area contributed by atoms with Crippen LogP contribution in [0.3, 0.4) is 0 Å². The molecule has 0 unspecified atom stereocenters. The van der Waals surface area contributed by atoms with Crippen molar-refractivity contribution in [2.75, 3.05) is 67.4 Å². The van der Waals surface area contributed by atoms with Gasteiger partial charge in [0.2, 0.25) is 11.5 Å². The van der Waals surface area contributed by atoms with Crippen LogP contribution < -0.4 is 34.0 Å². The third-order valence-corrected chi connectivity index (χ3v) is 9.22. The molecule has 1 N–H and O–H groups in total. The van der Waals surface area contributed by atoms with E-state index in [4.69, 9.17) is 42.3 Å². The van der Waals surface area contributed by atoms with E-state index in [2.05, 4.69) is 0 Å². The van der Waals surface area contributed by atoms with E-state index in [-0.39, 0.29) is 75.1 Å². The zero-order chi connectivity index (χ0) is 34.1. The molecule has 0 aliphatic rings. The first-order valence-corrected chi connectivity index (χ1v) is 15.6. The van der Waals surface area contributed by atoms with Crippen molar-refractivity contribution in [2.45, 2.75) is 4.90 Å². The fourth-order valence-electron chi connectivity index (χ4n) is 4.71. The zero-order valence-corrected chi connectivity index (χ0v) is 27.5. The summed E-state index contributed by atoms with van der Waals surface area (Å²) in [5.41, 5.74) is -0.250.